The molecule has 3 aromatic rings. The second-order valence-electron chi connectivity index (χ2n) is 7.08. The van der Waals surface area contributed by atoms with E-state index in [9.17, 15) is 17.6 Å². The van der Waals surface area contributed by atoms with Crippen molar-refractivity contribution < 1.29 is 22.3 Å². The molecule has 0 fully saturated rings. The summed E-state index contributed by atoms with van der Waals surface area (Å²) >= 11 is 0. The van der Waals surface area contributed by atoms with Gasteiger partial charge in [0.1, 0.15) is 18.1 Å². The summed E-state index contributed by atoms with van der Waals surface area (Å²) in [7, 11) is -2.72. The molecule has 3 rings (SSSR count). The van der Waals surface area contributed by atoms with Crippen LogP contribution in [0.1, 0.15) is 12.0 Å². The van der Waals surface area contributed by atoms with Crippen LogP contribution in [0.2, 0.25) is 0 Å². The zero-order valence-electron chi connectivity index (χ0n) is 17.7. The van der Waals surface area contributed by atoms with E-state index in [1.165, 1.54) is 49.6 Å². The molecule has 0 aliphatic rings. The van der Waals surface area contributed by atoms with Gasteiger partial charge in [0, 0.05) is 6.54 Å². The molecule has 0 unspecified atom stereocenters. The van der Waals surface area contributed by atoms with Gasteiger partial charge in [-0.05, 0) is 54.8 Å². The van der Waals surface area contributed by atoms with Crippen molar-refractivity contribution >= 4 is 21.6 Å². The Morgan fingerprint density at radius 3 is 2.28 bits per heavy atom. The molecule has 8 heteroatoms. The number of sulfonamides is 1. The number of hydrogen-bond acceptors (Lipinski definition) is 4. The number of para-hydroxylation sites is 1. The highest BCUT2D eigenvalue weighted by Crippen LogP contribution is 2.27. The van der Waals surface area contributed by atoms with Crippen molar-refractivity contribution in [2.24, 2.45) is 0 Å². The zero-order valence-corrected chi connectivity index (χ0v) is 18.5. The van der Waals surface area contributed by atoms with Gasteiger partial charge in [-0.1, -0.05) is 42.5 Å². The molecule has 0 atom stereocenters. The predicted molar refractivity (Wildman–Crippen MR) is 122 cm³/mol. The van der Waals surface area contributed by atoms with Crippen LogP contribution in [0.3, 0.4) is 0 Å². The average Bonchev–Trinajstić information content (AvgIpc) is 2.81. The fourth-order valence-corrected chi connectivity index (χ4v) is 4.61. The topological polar surface area (TPSA) is 75.7 Å². The zero-order chi connectivity index (χ0) is 23.0. The minimum absolute atomic E-state index is 0.0709. The molecule has 0 spiro atoms. The maximum atomic E-state index is 14.5. The van der Waals surface area contributed by atoms with E-state index in [0.717, 1.165) is 22.4 Å². The number of ether oxygens (including phenoxy) is 1. The van der Waals surface area contributed by atoms with E-state index in [4.69, 9.17) is 4.74 Å². The highest BCUT2D eigenvalue weighted by Gasteiger charge is 2.29. The van der Waals surface area contributed by atoms with E-state index in [2.05, 4.69) is 5.32 Å². The number of anilines is 1. The van der Waals surface area contributed by atoms with Crippen molar-refractivity contribution in [3.63, 3.8) is 0 Å². The number of aryl methyl sites for hydroxylation is 1. The molecule has 0 aliphatic heterocycles. The lowest BCUT2D eigenvalue weighted by Gasteiger charge is -2.24. The van der Waals surface area contributed by atoms with Crippen molar-refractivity contribution in [1.29, 1.82) is 0 Å². The van der Waals surface area contributed by atoms with Crippen molar-refractivity contribution in [3.05, 3.63) is 90.2 Å². The van der Waals surface area contributed by atoms with Crippen LogP contribution in [0.25, 0.3) is 0 Å². The number of methoxy groups -OCH3 is 1. The lowest BCUT2D eigenvalue weighted by molar-refractivity contribution is -0.119. The van der Waals surface area contributed by atoms with Gasteiger partial charge in [-0.25, -0.2) is 12.8 Å². The van der Waals surface area contributed by atoms with E-state index >= 15 is 0 Å². The van der Waals surface area contributed by atoms with Gasteiger partial charge in [0.15, 0.2) is 0 Å². The van der Waals surface area contributed by atoms with Crippen molar-refractivity contribution in [3.8, 4) is 5.75 Å². The van der Waals surface area contributed by atoms with Gasteiger partial charge in [0.25, 0.3) is 10.0 Å². The molecule has 0 heterocycles. The standard InChI is InChI=1S/C24H25FN2O4S/c1-31-20-13-15-21(16-14-20)32(29,30)27(23-12-6-5-11-22(23)25)18-24(28)26-17-7-10-19-8-3-2-4-9-19/h2-6,8-9,11-16H,7,10,17-18H2,1H3,(H,26,28). The van der Waals surface area contributed by atoms with E-state index in [0.29, 0.717) is 18.7 Å². The molecule has 6 nitrogen and oxygen atoms in total. The molecule has 0 bridgehead atoms. The summed E-state index contributed by atoms with van der Waals surface area (Å²) in [6.45, 7) is -0.165. The minimum Gasteiger partial charge on any atom is -0.497 e. The summed E-state index contributed by atoms with van der Waals surface area (Å²) in [5.74, 6) is -0.766. The third kappa shape index (κ3) is 5.85. The van der Waals surface area contributed by atoms with E-state index in [1.54, 1.807) is 0 Å². The Kier molecular flexibility index (Phi) is 7.83. The average molecular weight is 457 g/mol. The third-order valence-electron chi connectivity index (χ3n) is 4.86. The predicted octanol–water partition coefficient (Wildman–Crippen LogP) is 3.78. The largest absolute Gasteiger partial charge is 0.497 e. The molecule has 168 valence electrons. The van der Waals surface area contributed by atoms with Crippen LogP contribution < -0.4 is 14.4 Å². The van der Waals surface area contributed by atoms with Gasteiger partial charge in [-0.2, -0.15) is 0 Å². The monoisotopic (exact) mass is 456 g/mol. The first-order chi connectivity index (χ1) is 15.4. The lowest BCUT2D eigenvalue weighted by Crippen LogP contribution is -2.41. The van der Waals surface area contributed by atoms with Crippen LogP contribution >= 0.6 is 0 Å². The fraction of sp³-hybridized carbons (Fsp3) is 0.208. The molecular formula is C24H25FN2O4S. The Balaban J connectivity index is 1.74. The summed E-state index contributed by atoms with van der Waals surface area (Å²) in [4.78, 5) is 12.5. The van der Waals surface area contributed by atoms with Gasteiger partial charge in [0.2, 0.25) is 5.91 Å². The second-order valence-corrected chi connectivity index (χ2v) is 8.94. The van der Waals surface area contributed by atoms with Crippen LogP contribution in [0.15, 0.2) is 83.8 Å². The normalized spacial score (nSPS) is 11.1. The van der Waals surface area contributed by atoms with Crippen LogP contribution in [0, 0.1) is 5.82 Å². The van der Waals surface area contributed by atoms with Crippen LogP contribution in [-0.4, -0.2) is 34.5 Å². The number of halogens is 1. The summed E-state index contributed by atoms with van der Waals surface area (Å²) in [6, 6.07) is 21.0. The number of benzene rings is 3. The van der Waals surface area contributed by atoms with Crippen LogP contribution in [-0.2, 0) is 21.2 Å². The highest BCUT2D eigenvalue weighted by molar-refractivity contribution is 7.92. The molecular weight excluding hydrogens is 431 g/mol. The first-order valence-electron chi connectivity index (χ1n) is 10.1. The molecule has 0 aromatic heterocycles. The molecule has 0 saturated heterocycles. The Morgan fingerprint density at radius 2 is 1.62 bits per heavy atom. The number of nitrogens with zero attached hydrogens (tertiary/aromatic N) is 1. The van der Waals surface area contributed by atoms with Gasteiger partial charge < -0.3 is 10.1 Å². The number of carbonyl (C=O) groups is 1. The second kappa shape index (κ2) is 10.8. The number of rotatable bonds is 10. The minimum atomic E-state index is -4.19. The molecule has 0 radical (unpaired) electrons. The molecule has 1 N–H and O–H groups in total. The van der Waals surface area contributed by atoms with Crippen molar-refractivity contribution in [2.75, 3.05) is 24.5 Å². The highest BCUT2D eigenvalue weighted by atomic mass is 32.2. The van der Waals surface area contributed by atoms with Gasteiger partial charge in [0.05, 0.1) is 17.7 Å². The number of carbonyl (C=O) groups excluding carboxylic acids is 1. The smallest absolute Gasteiger partial charge is 0.264 e. The number of amides is 1. The molecule has 0 saturated carbocycles. The summed E-state index contributed by atoms with van der Waals surface area (Å²) < 4.78 is 46.9. The van der Waals surface area contributed by atoms with Gasteiger partial charge in [-0.3, -0.25) is 9.10 Å². The summed E-state index contributed by atoms with van der Waals surface area (Å²) in [5, 5.41) is 2.73. The molecule has 1 amide bonds. The summed E-state index contributed by atoms with van der Waals surface area (Å²) in [6.07, 6.45) is 1.48. The first kappa shape index (κ1) is 23.3. The Bertz CT molecular complexity index is 1140. The van der Waals surface area contributed by atoms with Gasteiger partial charge >= 0.3 is 0 Å². The maximum absolute atomic E-state index is 14.5. The molecule has 32 heavy (non-hydrogen) atoms. The Morgan fingerprint density at radius 1 is 0.969 bits per heavy atom. The third-order valence-corrected chi connectivity index (χ3v) is 6.64. The first-order valence-corrected chi connectivity index (χ1v) is 11.6. The maximum Gasteiger partial charge on any atom is 0.264 e. The molecule has 3 aromatic carbocycles. The fourth-order valence-electron chi connectivity index (χ4n) is 3.18. The van der Waals surface area contributed by atoms with Crippen LogP contribution in [0.4, 0.5) is 10.1 Å². The number of nitrogens with one attached hydrogen (secondary N) is 1. The van der Waals surface area contributed by atoms with E-state index in [-0.39, 0.29) is 10.6 Å². The van der Waals surface area contributed by atoms with Crippen LogP contribution in [0.5, 0.6) is 5.75 Å². The Labute approximate surface area is 187 Å². The molecule has 0 aliphatic carbocycles. The van der Waals surface area contributed by atoms with Crippen molar-refractivity contribution in [1.82, 2.24) is 5.32 Å². The summed E-state index contributed by atoms with van der Waals surface area (Å²) in [5.41, 5.74) is 0.958. The van der Waals surface area contributed by atoms with Gasteiger partial charge in [-0.15, -0.1) is 0 Å². The number of hydrogen-bond donors (Lipinski definition) is 1. The Hall–Kier alpha value is -3.39. The van der Waals surface area contributed by atoms with Crippen molar-refractivity contribution in [2.45, 2.75) is 17.7 Å². The quantitative estimate of drug-likeness (QED) is 0.471. The lowest BCUT2D eigenvalue weighted by atomic mass is 10.1. The van der Waals surface area contributed by atoms with E-state index in [1.807, 2.05) is 30.3 Å². The SMILES string of the molecule is COc1ccc(S(=O)(=O)N(CC(=O)NCCCc2ccccc2)c2ccccc2F)cc1. The van der Waals surface area contributed by atoms with E-state index < -0.39 is 28.3 Å².